The molecule has 0 bridgehead atoms. The van der Waals surface area contributed by atoms with E-state index >= 15 is 0 Å². The molecule has 41 heavy (non-hydrogen) atoms. The van der Waals surface area contributed by atoms with E-state index in [2.05, 4.69) is 33.1 Å². The second-order valence-corrected chi connectivity index (χ2v) is 9.73. The number of phenolic OH excluding ortho intramolecular Hbond substituents is 1. The lowest BCUT2D eigenvalue weighted by Gasteiger charge is -2.29. The van der Waals surface area contributed by atoms with Gasteiger partial charge in [-0.3, -0.25) is 15.6 Å². The fraction of sp³-hybridized carbons (Fsp3) is 0.258. The number of carbonyl (C=O) groups excluding carboxylic acids is 1. The molecule has 0 aliphatic carbocycles. The van der Waals surface area contributed by atoms with Crippen LogP contribution in [0.4, 0.5) is 27.5 Å². The van der Waals surface area contributed by atoms with Gasteiger partial charge in [-0.1, -0.05) is 37.6 Å². The van der Waals surface area contributed by atoms with Crippen LogP contribution in [0.3, 0.4) is 0 Å². The minimum atomic E-state index is -0.679. The standard InChI is InChI=1S/C31H33FN6O3/c1-2-4-23-17-26(34-25-9-7-21(8-10-25)22-5-3-6-27(39)18-22)11-12-28(23)30(40)36-37-31-33-20-24(19-32)29(35-31)38-13-15-41-16-14-38/h3,5-12,17-18,20,34,39H,2,4,13-16,19H2,1H3,(H,36,40)(H,33,35,37). The number of alkyl halides is 1. The smallest absolute Gasteiger partial charge is 0.269 e. The number of amides is 1. The molecule has 5 rings (SSSR count). The fourth-order valence-corrected chi connectivity index (χ4v) is 4.75. The van der Waals surface area contributed by atoms with Crippen LogP contribution in [0.15, 0.2) is 72.9 Å². The van der Waals surface area contributed by atoms with Gasteiger partial charge in [-0.05, 0) is 65.6 Å². The molecule has 10 heteroatoms. The molecule has 1 aromatic heterocycles. The summed E-state index contributed by atoms with van der Waals surface area (Å²) in [7, 11) is 0. The van der Waals surface area contributed by atoms with Crippen molar-refractivity contribution < 1.29 is 19.0 Å². The second kappa shape index (κ2) is 13.1. The highest BCUT2D eigenvalue weighted by Crippen LogP contribution is 2.27. The first-order valence-electron chi connectivity index (χ1n) is 13.6. The molecule has 212 valence electrons. The number of morpholine rings is 1. The van der Waals surface area contributed by atoms with Crippen LogP contribution in [0.5, 0.6) is 5.75 Å². The van der Waals surface area contributed by atoms with E-state index in [1.54, 1.807) is 18.2 Å². The van der Waals surface area contributed by atoms with Gasteiger partial charge in [0.15, 0.2) is 0 Å². The molecule has 0 spiro atoms. The first kappa shape index (κ1) is 27.9. The van der Waals surface area contributed by atoms with Crippen LogP contribution in [0, 0.1) is 0 Å². The van der Waals surface area contributed by atoms with E-state index in [0.29, 0.717) is 43.2 Å². The topological polar surface area (TPSA) is 112 Å². The molecule has 0 saturated carbocycles. The van der Waals surface area contributed by atoms with Crippen LogP contribution in [-0.2, 0) is 17.8 Å². The lowest BCUT2D eigenvalue weighted by atomic mass is 10.0. The Morgan fingerprint density at radius 1 is 1.00 bits per heavy atom. The van der Waals surface area contributed by atoms with Gasteiger partial charge in [0.1, 0.15) is 18.2 Å². The summed E-state index contributed by atoms with van der Waals surface area (Å²) in [4.78, 5) is 23.7. The van der Waals surface area contributed by atoms with Crippen molar-refractivity contribution in [1.82, 2.24) is 15.4 Å². The number of aromatic nitrogens is 2. The molecule has 1 fully saturated rings. The normalized spacial score (nSPS) is 13.1. The number of ether oxygens (including phenoxy) is 1. The Labute approximate surface area is 238 Å². The van der Waals surface area contributed by atoms with Crippen molar-refractivity contribution in [2.24, 2.45) is 0 Å². The summed E-state index contributed by atoms with van der Waals surface area (Å²) in [5.41, 5.74) is 11.0. The number of phenols is 1. The molecule has 0 radical (unpaired) electrons. The molecule has 2 heterocycles. The van der Waals surface area contributed by atoms with Gasteiger partial charge in [-0.15, -0.1) is 0 Å². The molecule has 1 aliphatic rings. The average molecular weight is 557 g/mol. The van der Waals surface area contributed by atoms with Crippen LogP contribution in [0.1, 0.15) is 34.8 Å². The van der Waals surface area contributed by atoms with Crippen molar-refractivity contribution in [1.29, 1.82) is 0 Å². The Morgan fingerprint density at radius 2 is 1.78 bits per heavy atom. The first-order valence-corrected chi connectivity index (χ1v) is 13.6. The zero-order valence-electron chi connectivity index (χ0n) is 22.9. The van der Waals surface area contributed by atoms with Crippen LogP contribution in [0.2, 0.25) is 0 Å². The van der Waals surface area contributed by atoms with Gasteiger partial charge in [-0.25, -0.2) is 9.37 Å². The largest absolute Gasteiger partial charge is 0.508 e. The summed E-state index contributed by atoms with van der Waals surface area (Å²) >= 11 is 0. The van der Waals surface area contributed by atoms with Gasteiger partial charge in [0.05, 0.1) is 13.2 Å². The number of aromatic hydroxyl groups is 1. The Morgan fingerprint density at radius 3 is 2.51 bits per heavy atom. The van der Waals surface area contributed by atoms with E-state index in [1.807, 2.05) is 53.4 Å². The number of hydrazine groups is 1. The summed E-state index contributed by atoms with van der Waals surface area (Å²) in [6, 6.07) is 20.7. The SMILES string of the molecule is CCCc1cc(Nc2ccc(-c3cccc(O)c3)cc2)ccc1C(=O)NNc1ncc(CF)c(N2CCOCC2)n1. The monoisotopic (exact) mass is 556 g/mol. The molecule has 9 nitrogen and oxygen atoms in total. The summed E-state index contributed by atoms with van der Waals surface area (Å²) in [5, 5.41) is 13.2. The molecule has 3 aromatic carbocycles. The number of rotatable bonds is 10. The molecule has 0 atom stereocenters. The van der Waals surface area contributed by atoms with Gasteiger partial charge in [-0.2, -0.15) is 4.98 Å². The molecule has 1 amide bonds. The Hall–Kier alpha value is -4.70. The highest BCUT2D eigenvalue weighted by Gasteiger charge is 2.18. The molecule has 1 saturated heterocycles. The summed E-state index contributed by atoms with van der Waals surface area (Å²) < 4.78 is 18.9. The molecular weight excluding hydrogens is 523 g/mol. The average Bonchev–Trinajstić information content (AvgIpc) is 3.01. The molecular formula is C31H33FN6O3. The van der Waals surface area contributed by atoms with Crippen molar-refractivity contribution in [3.8, 4) is 16.9 Å². The lowest BCUT2D eigenvalue weighted by molar-refractivity contribution is 0.0961. The van der Waals surface area contributed by atoms with Gasteiger partial charge < -0.3 is 20.1 Å². The maximum atomic E-state index is 13.6. The number of carbonyl (C=O) groups is 1. The molecule has 4 aromatic rings. The molecule has 0 unspecified atom stereocenters. The Kier molecular flexibility index (Phi) is 8.90. The number of nitrogens with zero attached hydrogens (tertiary/aromatic N) is 3. The number of hydrogen-bond acceptors (Lipinski definition) is 8. The van der Waals surface area contributed by atoms with E-state index in [1.165, 1.54) is 6.20 Å². The summed E-state index contributed by atoms with van der Waals surface area (Å²) in [6.07, 6.45) is 3.02. The fourth-order valence-electron chi connectivity index (χ4n) is 4.75. The van der Waals surface area contributed by atoms with E-state index in [-0.39, 0.29) is 17.6 Å². The van der Waals surface area contributed by atoms with E-state index < -0.39 is 6.67 Å². The third kappa shape index (κ3) is 6.90. The minimum Gasteiger partial charge on any atom is -0.508 e. The van der Waals surface area contributed by atoms with E-state index in [9.17, 15) is 14.3 Å². The molecule has 4 N–H and O–H groups in total. The highest BCUT2D eigenvalue weighted by molar-refractivity contribution is 5.96. The molecule has 1 aliphatic heterocycles. The number of anilines is 4. The van der Waals surface area contributed by atoms with Crippen molar-refractivity contribution in [2.75, 3.05) is 41.9 Å². The maximum absolute atomic E-state index is 13.6. The van der Waals surface area contributed by atoms with Crippen molar-refractivity contribution >= 4 is 29.0 Å². The zero-order chi connectivity index (χ0) is 28.6. The lowest BCUT2D eigenvalue weighted by Crippen LogP contribution is -2.38. The van der Waals surface area contributed by atoms with Crippen molar-refractivity contribution in [3.63, 3.8) is 0 Å². The van der Waals surface area contributed by atoms with E-state index in [0.717, 1.165) is 40.9 Å². The van der Waals surface area contributed by atoms with Gasteiger partial charge in [0.2, 0.25) is 5.95 Å². The second-order valence-electron chi connectivity index (χ2n) is 9.73. The maximum Gasteiger partial charge on any atom is 0.269 e. The number of nitrogens with one attached hydrogen (secondary N) is 3. The third-order valence-corrected chi connectivity index (χ3v) is 6.81. The number of hydrogen-bond donors (Lipinski definition) is 4. The number of benzene rings is 3. The Balaban J connectivity index is 1.26. The zero-order valence-corrected chi connectivity index (χ0v) is 22.9. The van der Waals surface area contributed by atoms with E-state index in [4.69, 9.17) is 4.74 Å². The summed E-state index contributed by atoms with van der Waals surface area (Å²) in [6.45, 7) is 3.70. The third-order valence-electron chi connectivity index (χ3n) is 6.81. The van der Waals surface area contributed by atoms with Crippen molar-refractivity contribution in [3.05, 3.63) is 89.6 Å². The van der Waals surface area contributed by atoms with Crippen LogP contribution >= 0.6 is 0 Å². The van der Waals surface area contributed by atoms with Gasteiger partial charge in [0.25, 0.3) is 5.91 Å². The van der Waals surface area contributed by atoms with Crippen LogP contribution < -0.4 is 21.1 Å². The van der Waals surface area contributed by atoms with Crippen LogP contribution in [0.25, 0.3) is 11.1 Å². The van der Waals surface area contributed by atoms with Crippen molar-refractivity contribution in [2.45, 2.75) is 26.4 Å². The quantitative estimate of drug-likeness (QED) is 0.187. The van der Waals surface area contributed by atoms with Crippen LogP contribution in [-0.4, -0.2) is 47.3 Å². The number of halogens is 1. The van der Waals surface area contributed by atoms with Gasteiger partial charge in [0, 0.05) is 41.8 Å². The minimum absolute atomic E-state index is 0.182. The predicted molar refractivity (Wildman–Crippen MR) is 158 cm³/mol. The summed E-state index contributed by atoms with van der Waals surface area (Å²) in [5.74, 6) is 0.593. The first-order chi connectivity index (χ1) is 20.0. The Bertz CT molecular complexity index is 1490. The number of aryl methyl sites for hydroxylation is 1. The van der Waals surface area contributed by atoms with Gasteiger partial charge >= 0.3 is 0 Å². The highest BCUT2D eigenvalue weighted by atomic mass is 19.1. The predicted octanol–water partition coefficient (Wildman–Crippen LogP) is 5.61.